The van der Waals surface area contributed by atoms with Gasteiger partial charge < -0.3 is 14.8 Å². The van der Waals surface area contributed by atoms with Gasteiger partial charge in [-0.25, -0.2) is 0 Å². The van der Waals surface area contributed by atoms with Crippen LogP contribution in [0.4, 0.5) is 8.78 Å². The molecule has 0 aliphatic heterocycles. The number of halogens is 2. The van der Waals surface area contributed by atoms with Crippen molar-refractivity contribution in [2.24, 2.45) is 5.92 Å². The highest BCUT2D eigenvalue weighted by atomic mass is 19.3. The number of para-hydroxylation sites is 1. The van der Waals surface area contributed by atoms with E-state index in [0.717, 1.165) is 13.0 Å². The number of rotatable bonds is 8. The molecule has 0 bridgehead atoms. The van der Waals surface area contributed by atoms with Crippen molar-refractivity contribution in [1.82, 2.24) is 5.32 Å². The molecule has 0 amide bonds. The van der Waals surface area contributed by atoms with Crippen LogP contribution in [0.15, 0.2) is 18.2 Å². The predicted molar refractivity (Wildman–Crippen MR) is 70.8 cm³/mol. The van der Waals surface area contributed by atoms with Gasteiger partial charge in [-0.15, -0.1) is 0 Å². The van der Waals surface area contributed by atoms with Gasteiger partial charge in [0.15, 0.2) is 11.5 Å². The molecule has 1 N–H and O–H groups in total. The van der Waals surface area contributed by atoms with Crippen molar-refractivity contribution in [3.05, 3.63) is 23.8 Å². The molecule has 0 radical (unpaired) electrons. The fraction of sp³-hybridized carbons (Fsp3) is 0.571. The summed E-state index contributed by atoms with van der Waals surface area (Å²) in [6, 6.07) is 5.12. The molecule has 0 fully saturated rings. The summed E-state index contributed by atoms with van der Waals surface area (Å²) < 4.78 is 34.4. The Morgan fingerprint density at radius 3 is 2.63 bits per heavy atom. The fourth-order valence-electron chi connectivity index (χ4n) is 1.68. The average Bonchev–Trinajstić information content (AvgIpc) is 2.39. The van der Waals surface area contributed by atoms with Gasteiger partial charge in [-0.3, -0.25) is 0 Å². The van der Waals surface area contributed by atoms with Gasteiger partial charge in [-0.1, -0.05) is 32.4 Å². The largest absolute Gasteiger partial charge is 0.493 e. The van der Waals surface area contributed by atoms with Crippen LogP contribution in [0.2, 0.25) is 0 Å². The van der Waals surface area contributed by atoms with Crippen LogP contribution >= 0.6 is 0 Å². The molecule has 0 aliphatic carbocycles. The van der Waals surface area contributed by atoms with E-state index in [9.17, 15) is 8.78 Å². The highest BCUT2D eigenvalue weighted by Crippen LogP contribution is 2.32. The second kappa shape index (κ2) is 7.94. The number of alkyl halides is 2. The number of hydrogen-bond acceptors (Lipinski definition) is 3. The first-order valence-electron chi connectivity index (χ1n) is 6.39. The standard InChI is InChI=1S/C14H21F2NO2/c1-4-10(2)8-17-9-11-6-5-7-12(18-3)13(11)19-14(15)16/h5-7,10,14,17H,4,8-9H2,1-3H3. The van der Waals surface area contributed by atoms with Gasteiger partial charge in [0, 0.05) is 12.1 Å². The minimum Gasteiger partial charge on any atom is -0.493 e. The summed E-state index contributed by atoms with van der Waals surface area (Å²) in [6.07, 6.45) is 1.07. The summed E-state index contributed by atoms with van der Waals surface area (Å²) in [7, 11) is 1.43. The monoisotopic (exact) mass is 273 g/mol. The van der Waals surface area contributed by atoms with Crippen LogP contribution in [0.3, 0.4) is 0 Å². The lowest BCUT2D eigenvalue weighted by Crippen LogP contribution is -2.21. The van der Waals surface area contributed by atoms with Gasteiger partial charge in [0.05, 0.1) is 7.11 Å². The summed E-state index contributed by atoms with van der Waals surface area (Å²) in [5.74, 6) is 0.977. The Hall–Kier alpha value is -1.36. The van der Waals surface area contributed by atoms with E-state index >= 15 is 0 Å². The lowest BCUT2D eigenvalue weighted by Gasteiger charge is -2.16. The Labute approximate surface area is 112 Å². The molecule has 19 heavy (non-hydrogen) atoms. The first-order chi connectivity index (χ1) is 9.08. The maximum absolute atomic E-state index is 12.4. The molecule has 1 aromatic rings. The van der Waals surface area contributed by atoms with Gasteiger partial charge in [0.2, 0.25) is 0 Å². The summed E-state index contributed by atoms with van der Waals surface area (Å²) >= 11 is 0. The molecule has 0 aliphatic rings. The molecule has 1 atom stereocenters. The second-order valence-corrected chi connectivity index (χ2v) is 4.47. The summed E-state index contributed by atoms with van der Waals surface area (Å²) in [5.41, 5.74) is 0.669. The van der Waals surface area contributed by atoms with Gasteiger partial charge in [0.25, 0.3) is 0 Å². The van der Waals surface area contributed by atoms with Crippen LogP contribution in [0.25, 0.3) is 0 Å². The van der Waals surface area contributed by atoms with Gasteiger partial charge in [-0.2, -0.15) is 8.78 Å². The van der Waals surface area contributed by atoms with Crippen molar-refractivity contribution in [2.45, 2.75) is 33.4 Å². The fourth-order valence-corrected chi connectivity index (χ4v) is 1.68. The number of nitrogens with one attached hydrogen (secondary N) is 1. The SMILES string of the molecule is CCC(C)CNCc1cccc(OC)c1OC(F)F. The Morgan fingerprint density at radius 1 is 1.32 bits per heavy atom. The molecule has 1 aromatic carbocycles. The van der Waals surface area contributed by atoms with Gasteiger partial charge in [-0.05, 0) is 18.5 Å². The van der Waals surface area contributed by atoms with Crippen LogP contribution in [0, 0.1) is 5.92 Å². The molecular weight excluding hydrogens is 252 g/mol. The molecule has 1 rings (SSSR count). The Kier molecular flexibility index (Phi) is 6.56. The zero-order chi connectivity index (χ0) is 14.3. The lowest BCUT2D eigenvalue weighted by molar-refractivity contribution is -0.0518. The van der Waals surface area contributed by atoms with E-state index in [1.54, 1.807) is 18.2 Å². The number of ether oxygens (including phenoxy) is 2. The Morgan fingerprint density at radius 2 is 2.05 bits per heavy atom. The van der Waals surface area contributed by atoms with E-state index < -0.39 is 6.61 Å². The van der Waals surface area contributed by atoms with Crippen molar-refractivity contribution < 1.29 is 18.3 Å². The molecule has 3 nitrogen and oxygen atoms in total. The number of benzene rings is 1. The second-order valence-electron chi connectivity index (χ2n) is 4.47. The number of methoxy groups -OCH3 is 1. The smallest absolute Gasteiger partial charge is 0.387 e. The molecule has 0 saturated heterocycles. The maximum Gasteiger partial charge on any atom is 0.387 e. The van der Waals surface area contributed by atoms with E-state index in [0.29, 0.717) is 23.8 Å². The molecular formula is C14H21F2NO2. The first kappa shape index (κ1) is 15.7. The minimum atomic E-state index is -2.86. The zero-order valence-corrected chi connectivity index (χ0v) is 11.6. The summed E-state index contributed by atoms with van der Waals surface area (Å²) in [5, 5.41) is 3.24. The van der Waals surface area contributed by atoms with E-state index in [-0.39, 0.29) is 5.75 Å². The van der Waals surface area contributed by atoms with Gasteiger partial charge in [0.1, 0.15) is 0 Å². The summed E-state index contributed by atoms with van der Waals surface area (Å²) in [4.78, 5) is 0. The average molecular weight is 273 g/mol. The van der Waals surface area contributed by atoms with Crippen molar-refractivity contribution >= 4 is 0 Å². The molecule has 5 heteroatoms. The van der Waals surface area contributed by atoms with Crippen LogP contribution in [-0.2, 0) is 6.54 Å². The third-order valence-corrected chi connectivity index (χ3v) is 2.99. The first-order valence-corrected chi connectivity index (χ1v) is 6.39. The van der Waals surface area contributed by atoms with E-state index in [2.05, 4.69) is 23.9 Å². The molecule has 0 spiro atoms. The van der Waals surface area contributed by atoms with Crippen LogP contribution < -0.4 is 14.8 Å². The maximum atomic E-state index is 12.4. The molecule has 1 unspecified atom stereocenters. The van der Waals surface area contributed by atoms with Crippen LogP contribution in [-0.4, -0.2) is 20.3 Å². The summed E-state index contributed by atoms with van der Waals surface area (Å²) in [6.45, 7) is 2.70. The van der Waals surface area contributed by atoms with E-state index in [4.69, 9.17) is 4.74 Å². The normalized spacial score (nSPS) is 12.5. The quantitative estimate of drug-likeness (QED) is 0.787. The van der Waals surface area contributed by atoms with Crippen molar-refractivity contribution in [1.29, 1.82) is 0 Å². The molecule has 0 heterocycles. The molecule has 0 saturated carbocycles. The number of hydrogen-bond donors (Lipinski definition) is 1. The van der Waals surface area contributed by atoms with Gasteiger partial charge >= 0.3 is 6.61 Å². The van der Waals surface area contributed by atoms with E-state index in [1.165, 1.54) is 7.11 Å². The third kappa shape index (κ3) is 5.03. The Balaban J connectivity index is 2.75. The van der Waals surface area contributed by atoms with Crippen molar-refractivity contribution in [2.75, 3.05) is 13.7 Å². The van der Waals surface area contributed by atoms with Crippen LogP contribution in [0.1, 0.15) is 25.8 Å². The Bertz CT molecular complexity index is 386. The van der Waals surface area contributed by atoms with E-state index in [1.807, 2.05) is 0 Å². The lowest BCUT2D eigenvalue weighted by atomic mass is 10.1. The predicted octanol–water partition coefficient (Wildman–Crippen LogP) is 3.43. The van der Waals surface area contributed by atoms with Crippen molar-refractivity contribution in [3.63, 3.8) is 0 Å². The third-order valence-electron chi connectivity index (χ3n) is 2.99. The molecule has 108 valence electrons. The minimum absolute atomic E-state index is 0.108. The molecule has 0 aromatic heterocycles. The highest BCUT2D eigenvalue weighted by Gasteiger charge is 2.15. The topological polar surface area (TPSA) is 30.5 Å². The van der Waals surface area contributed by atoms with Crippen molar-refractivity contribution in [3.8, 4) is 11.5 Å². The van der Waals surface area contributed by atoms with Crippen LogP contribution in [0.5, 0.6) is 11.5 Å². The highest BCUT2D eigenvalue weighted by molar-refractivity contribution is 5.46. The zero-order valence-electron chi connectivity index (χ0n) is 11.6.